The molecule has 118 valence electrons. The Morgan fingerprint density at radius 1 is 1.29 bits per heavy atom. The minimum Gasteiger partial charge on any atom is -0.399 e. The SMILES string of the molecule is COCCN(CCCN(C)C)C(=O)c1ccc(N)cc1Cl. The van der Waals surface area contributed by atoms with Gasteiger partial charge in [0.2, 0.25) is 0 Å². The maximum atomic E-state index is 12.6. The Hall–Kier alpha value is -1.30. The van der Waals surface area contributed by atoms with Gasteiger partial charge in [-0.25, -0.2) is 0 Å². The fourth-order valence-electron chi connectivity index (χ4n) is 1.97. The lowest BCUT2D eigenvalue weighted by atomic mass is 10.1. The normalized spacial score (nSPS) is 10.9. The number of ether oxygens (including phenoxy) is 1. The highest BCUT2D eigenvalue weighted by molar-refractivity contribution is 6.34. The Balaban J connectivity index is 2.77. The number of benzene rings is 1. The van der Waals surface area contributed by atoms with Gasteiger partial charge in [0.1, 0.15) is 0 Å². The molecule has 0 spiro atoms. The minimum atomic E-state index is -0.0872. The van der Waals surface area contributed by atoms with Gasteiger partial charge in [-0.15, -0.1) is 0 Å². The van der Waals surface area contributed by atoms with E-state index in [1.165, 1.54) is 0 Å². The van der Waals surface area contributed by atoms with Gasteiger partial charge in [0.25, 0.3) is 5.91 Å². The van der Waals surface area contributed by atoms with Crippen molar-refractivity contribution in [2.45, 2.75) is 6.42 Å². The summed E-state index contributed by atoms with van der Waals surface area (Å²) in [4.78, 5) is 16.5. The maximum Gasteiger partial charge on any atom is 0.255 e. The molecule has 0 radical (unpaired) electrons. The lowest BCUT2D eigenvalue weighted by Crippen LogP contribution is -2.36. The van der Waals surface area contributed by atoms with Crippen LogP contribution in [-0.2, 0) is 4.74 Å². The number of methoxy groups -OCH3 is 1. The smallest absolute Gasteiger partial charge is 0.255 e. The average Bonchev–Trinajstić information content (AvgIpc) is 2.41. The molecule has 6 heteroatoms. The van der Waals surface area contributed by atoms with Crippen LogP contribution in [0, 0.1) is 0 Å². The molecule has 1 aromatic rings. The first-order valence-corrected chi connectivity index (χ1v) is 7.31. The van der Waals surface area contributed by atoms with Crippen LogP contribution in [0.15, 0.2) is 18.2 Å². The summed E-state index contributed by atoms with van der Waals surface area (Å²) in [6.45, 7) is 2.64. The van der Waals surface area contributed by atoms with Crippen molar-refractivity contribution < 1.29 is 9.53 Å². The van der Waals surface area contributed by atoms with E-state index in [-0.39, 0.29) is 5.91 Å². The topological polar surface area (TPSA) is 58.8 Å². The fraction of sp³-hybridized carbons (Fsp3) is 0.533. The molecule has 1 aromatic carbocycles. The van der Waals surface area contributed by atoms with Crippen LogP contribution in [0.5, 0.6) is 0 Å². The summed E-state index contributed by atoms with van der Waals surface area (Å²) >= 11 is 6.12. The molecule has 0 fully saturated rings. The number of nitrogens with zero attached hydrogens (tertiary/aromatic N) is 2. The summed E-state index contributed by atoms with van der Waals surface area (Å²) in [6.07, 6.45) is 0.898. The second-order valence-electron chi connectivity index (χ2n) is 5.18. The third-order valence-electron chi connectivity index (χ3n) is 3.11. The Kier molecular flexibility index (Phi) is 7.50. The van der Waals surface area contributed by atoms with Crippen molar-refractivity contribution in [1.82, 2.24) is 9.80 Å². The Bertz CT molecular complexity index is 466. The summed E-state index contributed by atoms with van der Waals surface area (Å²) in [5.41, 5.74) is 6.69. The quantitative estimate of drug-likeness (QED) is 0.745. The molecule has 0 aromatic heterocycles. The van der Waals surface area contributed by atoms with Crippen LogP contribution < -0.4 is 5.73 Å². The van der Waals surface area contributed by atoms with Gasteiger partial charge >= 0.3 is 0 Å². The van der Waals surface area contributed by atoms with Gasteiger partial charge in [-0.2, -0.15) is 0 Å². The second-order valence-corrected chi connectivity index (χ2v) is 5.59. The van der Waals surface area contributed by atoms with Crippen LogP contribution in [0.2, 0.25) is 5.02 Å². The largest absolute Gasteiger partial charge is 0.399 e. The molecule has 0 unspecified atom stereocenters. The molecule has 2 N–H and O–H groups in total. The molecule has 5 nitrogen and oxygen atoms in total. The van der Waals surface area contributed by atoms with E-state index in [9.17, 15) is 4.79 Å². The molecular formula is C15H24ClN3O2. The van der Waals surface area contributed by atoms with E-state index in [4.69, 9.17) is 22.1 Å². The summed E-state index contributed by atoms with van der Waals surface area (Å²) in [5.74, 6) is -0.0872. The zero-order valence-electron chi connectivity index (χ0n) is 12.9. The van der Waals surface area contributed by atoms with Crippen molar-refractivity contribution in [2.24, 2.45) is 0 Å². The predicted molar refractivity (Wildman–Crippen MR) is 86.8 cm³/mol. The highest BCUT2D eigenvalue weighted by atomic mass is 35.5. The van der Waals surface area contributed by atoms with Gasteiger partial charge in [-0.1, -0.05) is 11.6 Å². The van der Waals surface area contributed by atoms with Crippen LogP contribution in [0.3, 0.4) is 0 Å². The molecule has 0 heterocycles. The van der Waals surface area contributed by atoms with Crippen molar-refractivity contribution >= 4 is 23.2 Å². The molecule has 0 bridgehead atoms. The number of anilines is 1. The van der Waals surface area contributed by atoms with Gasteiger partial charge < -0.3 is 20.3 Å². The Morgan fingerprint density at radius 2 is 2.00 bits per heavy atom. The van der Waals surface area contributed by atoms with Crippen molar-refractivity contribution in [3.8, 4) is 0 Å². The average molecular weight is 314 g/mol. The van der Waals surface area contributed by atoms with Crippen LogP contribution in [-0.4, -0.2) is 63.2 Å². The van der Waals surface area contributed by atoms with Gasteiger partial charge in [-0.05, 0) is 45.3 Å². The van der Waals surface area contributed by atoms with E-state index in [1.807, 2.05) is 14.1 Å². The van der Waals surface area contributed by atoms with Crippen LogP contribution in [0.4, 0.5) is 5.69 Å². The van der Waals surface area contributed by atoms with E-state index >= 15 is 0 Å². The molecule has 1 rings (SSSR count). The molecule has 1 amide bonds. The molecule has 0 aliphatic heterocycles. The van der Waals surface area contributed by atoms with Crippen molar-refractivity contribution in [3.63, 3.8) is 0 Å². The van der Waals surface area contributed by atoms with Gasteiger partial charge in [0.15, 0.2) is 0 Å². The number of hydrogen-bond acceptors (Lipinski definition) is 4. The molecule has 0 aliphatic rings. The van der Waals surface area contributed by atoms with Gasteiger partial charge in [0, 0.05) is 25.9 Å². The molecule has 0 saturated carbocycles. The standard InChI is InChI=1S/C15H24ClN3O2/c1-18(2)7-4-8-19(9-10-21-3)15(20)13-6-5-12(17)11-14(13)16/h5-6,11H,4,7-10,17H2,1-3H3. The molecule has 21 heavy (non-hydrogen) atoms. The van der Waals surface area contributed by atoms with Crippen LogP contribution in [0.1, 0.15) is 16.8 Å². The van der Waals surface area contributed by atoms with E-state index in [0.29, 0.717) is 36.0 Å². The third kappa shape index (κ3) is 5.91. The third-order valence-corrected chi connectivity index (χ3v) is 3.42. The first-order chi connectivity index (χ1) is 9.95. The molecule has 0 atom stereocenters. The number of carbonyl (C=O) groups is 1. The summed E-state index contributed by atoms with van der Waals surface area (Å²) in [7, 11) is 5.65. The van der Waals surface area contributed by atoms with E-state index in [2.05, 4.69) is 4.90 Å². The van der Waals surface area contributed by atoms with E-state index in [0.717, 1.165) is 13.0 Å². The maximum absolute atomic E-state index is 12.6. The van der Waals surface area contributed by atoms with E-state index in [1.54, 1.807) is 30.2 Å². The number of carbonyl (C=O) groups excluding carboxylic acids is 1. The van der Waals surface area contributed by atoms with Gasteiger partial charge in [0.05, 0.1) is 17.2 Å². The monoisotopic (exact) mass is 313 g/mol. The number of halogens is 1. The zero-order chi connectivity index (χ0) is 15.8. The highest BCUT2D eigenvalue weighted by Gasteiger charge is 2.18. The zero-order valence-corrected chi connectivity index (χ0v) is 13.7. The first kappa shape index (κ1) is 17.8. The summed E-state index contributed by atoms with van der Waals surface area (Å²) in [6, 6.07) is 4.96. The molecule has 0 saturated heterocycles. The number of nitrogen functional groups attached to an aromatic ring is 1. The lowest BCUT2D eigenvalue weighted by Gasteiger charge is -2.24. The van der Waals surface area contributed by atoms with Crippen molar-refractivity contribution in [2.75, 3.05) is 53.2 Å². The van der Waals surface area contributed by atoms with Crippen LogP contribution in [0.25, 0.3) is 0 Å². The van der Waals surface area contributed by atoms with E-state index < -0.39 is 0 Å². The number of amides is 1. The Labute approximate surface area is 131 Å². The molecule has 0 aliphatic carbocycles. The first-order valence-electron chi connectivity index (χ1n) is 6.93. The predicted octanol–water partition coefficient (Wildman–Crippen LogP) is 1.96. The number of nitrogens with two attached hydrogens (primary N) is 1. The highest BCUT2D eigenvalue weighted by Crippen LogP contribution is 2.20. The summed E-state index contributed by atoms with van der Waals surface area (Å²) in [5, 5.41) is 0.384. The van der Waals surface area contributed by atoms with Crippen molar-refractivity contribution in [1.29, 1.82) is 0 Å². The summed E-state index contributed by atoms with van der Waals surface area (Å²) < 4.78 is 5.08. The Morgan fingerprint density at radius 3 is 2.57 bits per heavy atom. The second kappa shape index (κ2) is 8.87. The minimum absolute atomic E-state index is 0.0872. The van der Waals surface area contributed by atoms with Crippen molar-refractivity contribution in [3.05, 3.63) is 28.8 Å². The fourth-order valence-corrected chi connectivity index (χ4v) is 2.24. The van der Waals surface area contributed by atoms with Crippen LogP contribution >= 0.6 is 11.6 Å². The lowest BCUT2D eigenvalue weighted by molar-refractivity contribution is 0.0689. The molecular weight excluding hydrogens is 290 g/mol. The van der Waals surface area contributed by atoms with Gasteiger partial charge in [-0.3, -0.25) is 4.79 Å². The number of rotatable bonds is 8. The number of hydrogen-bond donors (Lipinski definition) is 1.